The van der Waals surface area contributed by atoms with Crippen LogP contribution in [0.2, 0.25) is 0 Å². The maximum Gasteiger partial charge on any atom is 0.101 e. The summed E-state index contributed by atoms with van der Waals surface area (Å²) in [6.07, 6.45) is 1.95. The number of hydrogen-bond donors (Lipinski definition) is 2. The van der Waals surface area contributed by atoms with E-state index in [4.69, 9.17) is 0 Å². The van der Waals surface area contributed by atoms with Crippen molar-refractivity contribution in [2.75, 3.05) is 19.6 Å². The fourth-order valence-electron chi connectivity index (χ4n) is 1.39. The SMILES string of the molecule is Cn1cc(C2CNCCN2)nn1. The number of aromatic nitrogens is 3. The van der Waals surface area contributed by atoms with Crippen molar-refractivity contribution in [1.29, 1.82) is 0 Å². The summed E-state index contributed by atoms with van der Waals surface area (Å²) < 4.78 is 1.73. The predicted octanol–water partition coefficient (Wildman–Crippen LogP) is -0.951. The fraction of sp³-hybridized carbons (Fsp3) is 0.714. The Morgan fingerprint density at radius 1 is 1.58 bits per heavy atom. The fourth-order valence-corrected chi connectivity index (χ4v) is 1.39. The van der Waals surface area contributed by atoms with Gasteiger partial charge in [0.15, 0.2) is 0 Å². The highest BCUT2D eigenvalue weighted by molar-refractivity contribution is 5.02. The van der Waals surface area contributed by atoms with E-state index in [-0.39, 0.29) is 0 Å². The molecule has 0 aliphatic carbocycles. The summed E-state index contributed by atoms with van der Waals surface area (Å²) >= 11 is 0. The Morgan fingerprint density at radius 2 is 2.50 bits per heavy atom. The van der Waals surface area contributed by atoms with Gasteiger partial charge in [-0.2, -0.15) is 0 Å². The van der Waals surface area contributed by atoms with Crippen LogP contribution >= 0.6 is 0 Å². The highest BCUT2D eigenvalue weighted by atomic mass is 15.4. The van der Waals surface area contributed by atoms with Gasteiger partial charge in [0.1, 0.15) is 5.69 Å². The summed E-state index contributed by atoms with van der Waals surface area (Å²) in [6.45, 7) is 2.98. The molecule has 1 aromatic heterocycles. The lowest BCUT2D eigenvalue weighted by molar-refractivity contribution is 0.423. The van der Waals surface area contributed by atoms with Gasteiger partial charge >= 0.3 is 0 Å². The molecule has 1 fully saturated rings. The number of piperazine rings is 1. The molecule has 12 heavy (non-hydrogen) atoms. The third-order valence-electron chi connectivity index (χ3n) is 2.02. The summed E-state index contributed by atoms with van der Waals surface area (Å²) in [5.74, 6) is 0. The van der Waals surface area contributed by atoms with E-state index in [1.54, 1.807) is 4.68 Å². The van der Waals surface area contributed by atoms with Crippen molar-refractivity contribution in [3.63, 3.8) is 0 Å². The van der Waals surface area contributed by atoms with Crippen molar-refractivity contribution >= 4 is 0 Å². The Bertz CT molecular complexity index is 250. The molecule has 0 aromatic carbocycles. The molecule has 2 rings (SSSR count). The number of hydrogen-bond acceptors (Lipinski definition) is 4. The van der Waals surface area contributed by atoms with Crippen LogP contribution in [0.15, 0.2) is 6.20 Å². The third kappa shape index (κ3) is 1.46. The number of nitrogens with one attached hydrogen (secondary N) is 2. The van der Waals surface area contributed by atoms with Gasteiger partial charge in [0.25, 0.3) is 0 Å². The number of rotatable bonds is 1. The van der Waals surface area contributed by atoms with Gasteiger partial charge in [-0.1, -0.05) is 5.21 Å². The summed E-state index contributed by atoms with van der Waals surface area (Å²) in [5, 5.41) is 14.6. The standard InChI is InChI=1S/C7H13N5/c1-12-5-7(10-11-12)6-4-8-2-3-9-6/h5-6,8-9H,2-4H2,1H3. The normalized spacial score (nSPS) is 24.2. The Labute approximate surface area is 71.1 Å². The Kier molecular flexibility index (Phi) is 2.05. The van der Waals surface area contributed by atoms with Gasteiger partial charge in [0.05, 0.1) is 6.04 Å². The van der Waals surface area contributed by atoms with E-state index in [0.29, 0.717) is 6.04 Å². The molecule has 0 spiro atoms. The number of aryl methyl sites for hydroxylation is 1. The number of nitrogens with zero attached hydrogens (tertiary/aromatic N) is 3. The zero-order valence-electron chi connectivity index (χ0n) is 7.12. The molecule has 2 heterocycles. The van der Waals surface area contributed by atoms with Gasteiger partial charge < -0.3 is 10.6 Å². The van der Waals surface area contributed by atoms with Crippen molar-refractivity contribution < 1.29 is 0 Å². The lowest BCUT2D eigenvalue weighted by Gasteiger charge is -2.22. The molecule has 0 saturated carbocycles. The third-order valence-corrected chi connectivity index (χ3v) is 2.02. The average Bonchev–Trinajstić information content (AvgIpc) is 2.54. The molecule has 66 valence electrons. The first-order chi connectivity index (χ1) is 5.86. The van der Waals surface area contributed by atoms with Crippen LogP contribution < -0.4 is 10.6 Å². The largest absolute Gasteiger partial charge is 0.314 e. The molecule has 1 unspecified atom stereocenters. The molecule has 2 N–H and O–H groups in total. The summed E-state index contributed by atoms with van der Waals surface area (Å²) in [6, 6.07) is 0.326. The second-order valence-electron chi connectivity index (χ2n) is 3.03. The second kappa shape index (κ2) is 3.20. The van der Waals surface area contributed by atoms with Crippen LogP contribution in [0.25, 0.3) is 0 Å². The van der Waals surface area contributed by atoms with Crippen molar-refractivity contribution in [3.05, 3.63) is 11.9 Å². The van der Waals surface area contributed by atoms with Crippen molar-refractivity contribution in [3.8, 4) is 0 Å². The van der Waals surface area contributed by atoms with Gasteiger partial charge in [0, 0.05) is 32.9 Å². The molecule has 0 bridgehead atoms. The Balaban J connectivity index is 2.08. The average molecular weight is 167 g/mol. The molecule has 1 saturated heterocycles. The molecule has 0 radical (unpaired) electrons. The van der Waals surface area contributed by atoms with Gasteiger partial charge in [0.2, 0.25) is 0 Å². The first kappa shape index (κ1) is 7.70. The van der Waals surface area contributed by atoms with E-state index >= 15 is 0 Å². The maximum absolute atomic E-state index is 4.05. The summed E-state index contributed by atoms with van der Waals surface area (Å²) in [5.41, 5.74) is 1.02. The zero-order valence-corrected chi connectivity index (χ0v) is 7.12. The minimum absolute atomic E-state index is 0.326. The molecule has 0 amide bonds. The quantitative estimate of drug-likeness (QED) is 0.566. The van der Waals surface area contributed by atoms with Crippen LogP contribution in [-0.4, -0.2) is 34.6 Å². The van der Waals surface area contributed by atoms with Crippen LogP contribution in [0.4, 0.5) is 0 Å². The van der Waals surface area contributed by atoms with E-state index in [2.05, 4.69) is 20.9 Å². The smallest absolute Gasteiger partial charge is 0.101 e. The van der Waals surface area contributed by atoms with Gasteiger partial charge in [-0.25, -0.2) is 0 Å². The molecule has 1 atom stereocenters. The van der Waals surface area contributed by atoms with Crippen LogP contribution in [-0.2, 0) is 7.05 Å². The highest BCUT2D eigenvalue weighted by Gasteiger charge is 2.16. The second-order valence-corrected chi connectivity index (χ2v) is 3.03. The van der Waals surface area contributed by atoms with Crippen molar-refractivity contribution in [1.82, 2.24) is 25.6 Å². The first-order valence-electron chi connectivity index (χ1n) is 4.16. The highest BCUT2D eigenvalue weighted by Crippen LogP contribution is 2.08. The van der Waals surface area contributed by atoms with Gasteiger partial charge in [-0.05, 0) is 0 Å². The molecule has 5 nitrogen and oxygen atoms in total. The zero-order chi connectivity index (χ0) is 8.39. The van der Waals surface area contributed by atoms with Crippen LogP contribution in [0.5, 0.6) is 0 Å². The molecular formula is C7H13N5. The van der Waals surface area contributed by atoms with Crippen LogP contribution in [0, 0.1) is 0 Å². The molecule has 1 aliphatic rings. The van der Waals surface area contributed by atoms with E-state index in [9.17, 15) is 0 Å². The lowest BCUT2D eigenvalue weighted by Crippen LogP contribution is -2.42. The molecule has 1 aromatic rings. The minimum Gasteiger partial charge on any atom is -0.314 e. The van der Waals surface area contributed by atoms with Gasteiger partial charge in [-0.3, -0.25) is 4.68 Å². The van der Waals surface area contributed by atoms with E-state index in [1.807, 2.05) is 13.2 Å². The maximum atomic E-state index is 4.05. The van der Waals surface area contributed by atoms with E-state index < -0.39 is 0 Å². The monoisotopic (exact) mass is 167 g/mol. The van der Waals surface area contributed by atoms with Crippen molar-refractivity contribution in [2.45, 2.75) is 6.04 Å². The first-order valence-corrected chi connectivity index (χ1v) is 4.16. The predicted molar refractivity (Wildman–Crippen MR) is 44.6 cm³/mol. The summed E-state index contributed by atoms with van der Waals surface area (Å²) in [4.78, 5) is 0. The molecular weight excluding hydrogens is 154 g/mol. The topological polar surface area (TPSA) is 54.8 Å². The van der Waals surface area contributed by atoms with Crippen molar-refractivity contribution in [2.24, 2.45) is 7.05 Å². The Morgan fingerprint density at radius 3 is 3.08 bits per heavy atom. The Hall–Kier alpha value is -0.940. The van der Waals surface area contributed by atoms with Gasteiger partial charge in [-0.15, -0.1) is 5.10 Å². The van der Waals surface area contributed by atoms with Crippen LogP contribution in [0.1, 0.15) is 11.7 Å². The molecule has 1 aliphatic heterocycles. The summed E-state index contributed by atoms with van der Waals surface area (Å²) in [7, 11) is 1.88. The van der Waals surface area contributed by atoms with E-state index in [1.165, 1.54) is 0 Å². The lowest BCUT2D eigenvalue weighted by atomic mass is 10.2. The van der Waals surface area contributed by atoms with E-state index in [0.717, 1.165) is 25.3 Å². The van der Waals surface area contributed by atoms with Crippen LogP contribution in [0.3, 0.4) is 0 Å². The minimum atomic E-state index is 0.326. The molecule has 5 heteroatoms.